The molecular weight excluding hydrogens is 274 g/mol. The second-order valence-electron chi connectivity index (χ2n) is 0.575. The van der Waals surface area contributed by atoms with Crippen LogP contribution in [0.15, 0.2) is 0 Å². The Labute approximate surface area is 106 Å². The van der Waals surface area contributed by atoms with Gasteiger partial charge >= 0.3 is 75.7 Å². The molecule has 0 aromatic rings. The van der Waals surface area contributed by atoms with Gasteiger partial charge in [-0.05, 0) is 0 Å². The van der Waals surface area contributed by atoms with Crippen molar-refractivity contribution in [1.82, 2.24) is 0 Å². The van der Waals surface area contributed by atoms with Crippen LogP contribution in [-0.2, 0) is 62.3 Å². The maximum absolute atomic E-state index is 8.93. The largest absolute Gasteiger partial charge is 5.00 e. The number of rotatable bonds is 0. The first-order valence-electron chi connectivity index (χ1n) is 1.07. The smallest absolute Gasteiger partial charge is 0.543 e. The molecule has 0 fully saturated rings. The summed E-state index contributed by atoms with van der Waals surface area (Å²) in [6.07, 6.45) is 0. The Morgan fingerprint density at radius 1 is 1.00 bits per heavy atom. The summed E-state index contributed by atoms with van der Waals surface area (Å²) in [4.78, 5) is 17.9. The van der Waals surface area contributed by atoms with Gasteiger partial charge in [0.2, 0.25) is 0 Å². The summed E-state index contributed by atoms with van der Waals surface area (Å²) < 4.78 is 0. The van der Waals surface area contributed by atoms with Crippen molar-refractivity contribution in [3.63, 3.8) is 0 Å². The first-order chi connectivity index (χ1) is 2.64. The molecule has 0 rings (SSSR count). The fraction of sp³-hybridized carbons (Fsp3) is 0. The molecule has 0 spiro atoms. The maximum Gasteiger partial charge on any atom is 5.00 e. The van der Waals surface area contributed by atoms with E-state index in [0.717, 1.165) is 0 Å². The van der Waals surface area contributed by atoms with Gasteiger partial charge in [-0.1, -0.05) is 0 Å². The van der Waals surface area contributed by atoms with Gasteiger partial charge in [0.1, 0.15) is 0 Å². The quantitative estimate of drug-likeness (QED) is 0.334. The van der Waals surface area contributed by atoms with Crippen molar-refractivity contribution in [2.75, 3.05) is 0 Å². The van der Waals surface area contributed by atoms with Crippen LogP contribution < -0.4 is 10.2 Å². The molecule has 0 bridgehead atoms. The minimum atomic E-state index is -2.19. The predicted octanol–water partition coefficient (Wildman–Crippen LogP) is -3.90. The molecule has 1 radical (unpaired) electrons. The minimum absolute atomic E-state index is 0. The van der Waals surface area contributed by atoms with Crippen LogP contribution in [0.1, 0.15) is 0 Å². The van der Waals surface area contributed by atoms with E-state index in [9.17, 15) is 0 Å². The van der Waals surface area contributed by atoms with Crippen LogP contribution in [-0.4, -0.2) is 35.0 Å². The number of aliphatic carboxylic acids is 2. The van der Waals surface area contributed by atoms with Crippen molar-refractivity contribution in [3.8, 4) is 0 Å². The molecule has 10 heavy (non-hydrogen) atoms. The Bertz CT molecular complexity index is 89.3. The molecule has 0 atom stereocenters. The maximum atomic E-state index is 8.93. The molecule has 8 heteroatoms. The zero-order chi connectivity index (χ0) is 5.15. The molecule has 0 aliphatic carbocycles. The Balaban J connectivity index is -0.0000000208. The van der Waals surface area contributed by atoms with Gasteiger partial charge in [0.05, 0.1) is 11.9 Å². The van der Waals surface area contributed by atoms with E-state index < -0.39 is 11.9 Å². The van der Waals surface area contributed by atoms with Crippen LogP contribution in [0.5, 0.6) is 0 Å². The van der Waals surface area contributed by atoms with E-state index in [1.54, 1.807) is 0 Å². The number of carbonyl (C=O) groups is 2. The molecule has 0 aromatic heterocycles. The third-order valence-electron chi connectivity index (χ3n) is 0.167. The van der Waals surface area contributed by atoms with Gasteiger partial charge in [0.25, 0.3) is 0 Å². The fourth-order valence-corrected chi connectivity index (χ4v) is 0. The molecule has 0 unspecified atom stereocenters. The van der Waals surface area contributed by atoms with Crippen LogP contribution in [0, 0.1) is 0 Å². The van der Waals surface area contributed by atoms with Crippen LogP contribution in [0.2, 0.25) is 0 Å². The predicted molar refractivity (Wildman–Crippen MR) is 15.8 cm³/mol. The molecule has 0 N–H and O–H groups in total. The van der Waals surface area contributed by atoms with Gasteiger partial charge in [-0.15, -0.1) is 0 Å². The second kappa shape index (κ2) is 16.7. The minimum Gasteiger partial charge on any atom is -0.543 e. The van der Waals surface area contributed by atoms with Crippen molar-refractivity contribution < 1.29 is 72.5 Å². The number of carboxylic acids is 2. The molecular formula is C2FeMgMnO4V+9. The Morgan fingerprint density at radius 3 is 1.10 bits per heavy atom. The summed E-state index contributed by atoms with van der Waals surface area (Å²) in [5.41, 5.74) is 0. The molecule has 45 valence electrons. The Morgan fingerprint density at radius 2 is 1.10 bits per heavy atom. The first-order valence-corrected chi connectivity index (χ1v) is 1.07. The number of hydrogen-bond donors (Lipinski definition) is 0. The number of hydrogen-bond acceptors (Lipinski definition) is 4. The third-order valence-corrected chi connectivity index (χ3v) is 0.167. The summed E-state index contributed by atoms with van der Waals surface area (Å²) >= 11 is 0. The van der Waals surface area contributed by atoms with E-state index in [2.05, 4.69) is 0 Å². The zero-order valence-electron chi connectivity index (χ0n) is 4.52. The van der Waals surface area contributed by atoms with Gasteiger partial charge in [0.15, 0.2) is 0 Å². The van der Waals surface area contributed by atoms with E-state index >= 15 is 0 Å². The van der Waals surface area contributed by atoms with Gasteiger partial charge in [0, 0.05) is 0 Å². The van der Waals surface area contributed by atoms with E-state index in [-0.39, 0.29) is 75.7 Å². The molecule has 0 aromatic carbocycles. The van der Waals surface area contributed by atoms with Gasteiger partial charge in [-0.3, -0.25) is 0 Å². The normalized spacial score (nSPS) is 4.40. The van der Waals surface area contributed by atoms with Crippen LogP contribution in [0.4, 0.5) is 0 Å². The molecule has 0 amide bonds. The number of carboxylic acid groups (broad SMARTS) is 2. The van der Waals surface area contributed by atoms with E-state index in [1.807, 2.05) is 0 Å². The van der Waals surface area contributed by atoms with Crippen molar-refractivity contribution in [3.05, 3.63) is 0 Å². The van der Waals surface area contributed by atoms with Crippen LogP contribution in [0.3, 0.4) is 0 Å². The fourth-order valence-electron chi connectivity index (χ4n) is 0. The average Bonchev–Trinajstić information content (AvgIpc) is 1.36. The standard InChI is InChI=1S/C2H2O4.Fe.Mg.Mn.V/c3-1(4)2(5)6;;;;/h(H,3,4)(H,5,6);;;;/q;3*+2;+5/p-2. The first kappa shape index (κ1) is 30.2. The second-order valence-corrected chi connectivity index (χ2v) is 0.575. The molecule has 0 heterocycles. The third kappa shape index (κ3) is 22.8. The molecule has 0 saturated carbocycles. The summed E-state index contributed by atoms with van der Waals surface area (Å²) in [6.45, 7) is 0. The van der Waals surface area contributed by atoms with Crippen LogP contribution in [0.25, 0.3) is 0 Å². The van der Waals surface area contributed by atoms with Crippen molar-refractivity contribution in [1.29, 1.82) is 0 Å². The number of carbonyl (C=O) groups excluding carboxylic acids is 2. The summed E-state index contributed by atoms with van der Waals surface area (Å²) in [5.74, 6) is -4.37. The topological polar surface area (TPSA) is 80.3 Å². The zero-order valence-corrected chi connectivity index (χ0v) is 9.61. The summed E-state index contributed by atoms with van der Waals surface area (Å²) in [6, 6.07) is 0. The van der Waals surface area contributed by atoms with E-state index in [4.69, 9.17) is 19.8 Å². The SMILES string of the molecule is O=C([O-])C(=O)[O-].[Fe+2].[Mg+2].[Mn+2].[V+5]. The molecule has 0 aliphatic rings. The van der Waals surface area contributed by atoms with Gasteiger partial charge in [-0.2, -0.15) is 0 Å². The van der Waals surface area contributed by atoms with E-state index in [1.165, 1.54) is 0 Å². The van der Waals surface area contributed by atoms with Crippen molar-refractivity contribution >= 4 is 35.0 Å². The van der Waals surface area contributed by atoms with Gasteiger partial charge < -0.3 is 19.8 Å². The van der Waals surface area contributed by atoms with E-state index in [0.29, 0.717) is 0 Å². The average molecular weight is 274 g/mol. The molecule has 0 saturated heterocycles. The monoisotopic (exact) mass is 274 g/mol. The Kier molecular flexibility index (Phi) is 50.5. The summed E-state index contributed by atoms with van der Waals surface area (Å²) in [5, 5.41) is 17.9. The summed E-state index contributed by atoms with van der Waals surface area (Å²) in [7, 11) is 0. The van der Waals surface area contributed by atoms with Gasteiger partial charge in [-0.25, -0.2) is 0 Å². The van der Waals surface area contributed by atoms with Crippen LogP contribution >= 0.6 is 0 Å². The molecule has 0 aliphatic heterocycles. The Hall–Kier alpha value is 1.33. The van der Waals surface area contributed by atoms with Crippen molar-refractivity contribution in [2.45, 2.75) is 0 Å². The van der Waals surface area contributed by atoms with Crippen molar-refractivity contribution in [2.24, 2.45) is 0 Å². The molecule has 4 nitrogen and oxygen atoms in total.